The zero-order valence-corrected chi connectivity index (χ0v) is 13.9. The molecule has 0 aliphatic heterocycles. The molecule has 1 amide bonds. The van der Waals surface area contributed by atoms with Gasteiger partial charge in [0.2, 0.25) is 17.7 Å². The first-order valence-electron chi connectivity index (χ1n) is 7.99. The molecule has 0 unspecified atom stereocenters. The van der Waals surface area contributed by atoms with Crippen LogP contribution in [0.25, 0.3) is 11.5 Å². The fourth-order valence-corrected chi connectivity index (χ4v) is 2.30. The molecule has 0 bridgehead atoms. The summed E-state index contributed by atoms with van der Waals surface area (Å²) < 4.78 is 19.0. The largest absolute Gasteiger partial charge is 0.418 e. The Bertz CT molecular complexity index is 845. The smallest absolute Gasteiger partial charge is 0.247 e. The van der Waals surface area contributed by atoms with Crippen molar-refractivity contribution in [1.29, 1.82) is 0 Å². The van der Waals surface area contributed by atoms with Crippen molar-refractivity contribution in [3.63, 3.8) is 0 Å². The molecule has 1 heterocycles. The second-order valence-corrected chi connectivity index (χ2v) is 5.96. The van der Waals surface area contributed by atoms with Gasteiger partial charge in [0, 0.05) is 11.5 Å². The lowest BCUT2D eigenvalue weighted by atomic mass is 10.1. The number of hydrogen-bond donors (Lipinski definition) is 1. The molecule has 3 rings (SSSR count). The Hall–Kier alpha value is -3.02. The molecule has 1 N–H and O–H groups in total. The highest BCUT2D eigenvalue weighted by Gasteiger charge is 2.24. The maximum atomic E-state index is 13.2. The summed E-state index contributed by atoms with van der Waals surface area (Å²) in [7, 11) is 0. The zero-order chi connectivity index (χ0) is 17.8. The first kappa shape index (κ1) is 16.8. The van der Waals surface area contributed by atoms with E-state index in [1.54, 1.807) is 26.0 Å². The lowest BCUT2D eigenvalue weighted by molar-refractivity contribution is -0.124. The zero-order valence-electron chi connectivity index (χ0n) is 13.9. The van der Waals surface area contributed by atoms with E-state index in [0.717, 1.165) is 5.56 Å². The Balaban J connectivity index is 1.95. The summed E-state index contributed by atoms with van der Waals surface area (Å²) in [5.41, 5.74) is 1.45. The molecular weight excluding hydrogens is 321 g/mol. The van der Waals surface area contributed by atoms with Crippen molar-refractivity contribution in [2.24, 2.45) is 5.92 Å². The Kier molecular flexibility index (Phi) is 4.88. The molecule has 0 spiro atoms. The molecule has 0 saturated heterocycles. The van der Waals surface area contributed by atoms with Gasteiger partial charge >= 0.3 is 0 Å². The molecule has 0 saturated carbocycles. The number of nitrogens with zero attached hydrogens (tertiary/aromatic N) is 2. The van der Waals surface area contributed by atoms with Gasteiger partial charge in [-0.25, -0.2) is 4.39 Å². The third-order valence-electron chi connectivity index (χ3n) is 3.72. The minimum absolute atomic E-state index is 0.159. The molecule has 5 nitrogen and oxygen atoms in total. The number of halogens is 1. The molecule has 0 radical (unpaired) electrons. The third kappa shape index (κ3) is 3.91. The van der Waals surface area contributed by atoms with E-state index in [2.05, 4.69) is 15.5 Å². The van der Waals surface area contributed by atoms with Crippen molar-refractivity contribution in [1.82, 2.24) is 15.5 Å². The minimum Gasteiger partial charge on any atom is -0.418 e. The van der Waals surface area contributed by atoms with E-state index >= 15 is 0 Å². The number of nitrogens with one attached hydrogen (secondary N) is 1. The van der Waals surface area contributed by atoms with Crippen molar-refractivity contribution >= 4 is 5.91 Å². The normalized spacial score (nSPS) is 12.2. The Morgan fingerprint density at radius 1 is 1.04 bits per heavy atom. The Labute approximate surface area is 144 Å². The molecule has 1 atom stereocenters. The maximum absolute atomic E-state index is 13.2. The van der Waals surface area contributed by atoms with E-state index < -0.39 is 6.04 Å². The maximum Gasteiger partial charge on any atom is 0.247 e. The van der Waals surface area contributed by atoms with Gasteiger partial charge in [-0.1, -0.05) is 44.2 Å². The van der Waals surface area contributed by atoms with Gasteiger partial charge in [0.15, 0.2) is 0 Å². The number of aromatic nitrogens is 2. The van der Waals surface area contributed by atoms with Crippen LogP contribution >= 0.6 is 0 Å². The number of amides is 1. The van der Waals surface area contributed by atoms with E-state index in [0.29, 0.717) is 11.5 Å². The fourth-order valence-electron chi connectivity index (χ4n) is 2.30. The van der Waals surface area contributed by atoms with Crippen LogP contribution in [-0.2, 0) is 4.79 Å². The van der Waals surface area contributed by atoms with Gasteiger partial charge in [-0.15, -0.1) is 10.2 Å². The quantitative estimate of drug-likeness (QED) is 0.769. The van der Waals surface area contributed by atoms with Crippen molar-refractivity contribution in [2.75, 3.05) is 0 Å². The van der Waals surface area contributed by atoms with Gasteiger partial charge < -0.3 is 9.73 Å². The summed E-state index contributed by atoms with van der Waals surface area (Å²) in [5, 5.41) is 11.0. The van der Waals surface area contributed by atoms with Crippen molar-refractivity contribution in [3.05, 3.63) is 71.9 Å². The van der Waals surface area contributed by atoms with Crippen LogP contribution in [0.15, 0.2) is 59.0 Å². The van der Waals surface area contributed by atoms with E-state index in [9.17, 15) is 9.18 Å². The lowest BCUT2D eigenvalue weighted by Gasteiger charge is -2.17. The minimum atomic E-state index is -0.638. The van der Waals surface area contributed by atoms with Crippen LogP contribution in [-0.4, -0.2) is 16.1 Å². The van der Waals surface area contributed by atoms with Gasteiger partial charge in [0.1, 0.15) is 11.9 Å². The molecule has 6 heteroatoms. The lowest BCUT2D eigenvalue weighted by Crippen LogP contribution is -2.32. The van der Waals surface area contributed by atoms with Crippen molar-refractivity contribution in [3.8, 4) is 11.5 Å². The SMILES string of the molecule is CC(C)C(=O)N[C@@H](c1ccc(F)cc1)c1nnc(-c2ccccc2)o1. The third-order valence-corrected chi connectivity index (χ3v) is 3.72. The molecule has 0 aliphatic carbocycles. The van der Waals surface area contributed by atoms with Gasteiger partial charge in [0.25, 0.3) is 0 Å². The average molecular weight is 339 g/mol. The van der Waals surface area contributed by atoms with Gasteiger partial charge in [-0.2, -0.15) is 0 Å². The molecule has 2 aromatic carbocycles. The molecule has 128 valence electrons. The Morgan fingerprint density at radius 2 is 1.72 bits per heavy atom. The topological polar surface area (TPSA) is 68.0 Å². The number of benzene rings is 2. The van der Waals surface area contributed by atoms with Crippen LogP contribution in [0.3, 0.4) is 0 Å². The van der Waals surface area contributed by atoms with E-state index in [4.69, 9.17) is 4.42 Å². The first-order chi connectivity index (χ1) is 12.0. The summed E-state index contributed by atoms with van der Waals surface area (Å²) in [4.78, 5) is 12.2. The van der Waals surface area contributed by atoms with Crippen LogP contribution in [0.5, 0.6) is 0 Å². The predicted octanol–water partition coefficient (Wildman–Crippen LogP) is 3.74. The molecule has 3 aromatic rings. The van der Waals surface area contributed by atoms with Crippen molar-refractivity contribution < 1.29 is 13.6 Å². The van der Waals surface area contributed by atoms with Gasteiger partial charge in [-0.3, -0.25) is 4.79 Å². The second-order valence-electron chi connectivity index (χ2n) is 5.96. The first-order valence-corrected chi connectivity index (χ1v) is 7.99. The standard InChI is InChI=1S/C19H18FN3O2/c1-12(2)17(24)21-16(13-8-10-15(20)11-9-13)19-23-22-18(25-19)14-6-4-3-5-7-14/h3-12,16H,1-2H3,(H,21,24)/t16-/m0/s1. The highest BCUT2D eigenvalue weighted by Crippen LogP contribution is 2.25. The number of carbonyl (C=O) groups excluding carboxylic acids is 1. The van der Waals surface area contributed by atoms with Crippen LogP contribution in [0.4, 0.5) is 4.39 Å². The fraction of sp³-hybridized carbons (Fsp3) is 0.211. The van der Waals surface area contributed by atoms with Crippen molar-refractivity contribution in [2.45, 2.75) is 19.9 Å². The average Bonchev–Trinajstić information content (AvgIpc) is 3.11. The highest BCUT2D eigenvalue weighted by atomic mass is 19.1. The highest BCUT2D eigenvalue weighted by molar-refractivity contribution is 5.78. The van der Waals surface area contributed by atoms with E-state index in [-0.39, 0.29) is 23.5 Å². The van der Waals surface area contributed by atoms with Crippen LogP contribution < -0.4 is 5.32 Å². The van der Waals surface area contributed by atoms with E-state index in [1.807, 2.05) is 30.3 Å². The number of rotatable bonds is 5. The van der Waals surface area contributed by atoms with Gasteiger partial charge in [0.05, 0.1) is 0 Å². The summed E-state index contributed by atoms with van der Waals surface area (Å²) >= 11 is 0. The summed E-state index contributed by atoms with van der Waals surface area (Å²) in [5.74, 6) is -0.109. The van der Waals surface area contributed by atoms with Crippen LogP contribution in [0, 0.1) is 11.7 Å². The van der Waals surface area contributed by atoms with E-state index in [1.165, 1.54) is 12.1 Å². The van der Waals surface area contributed by atoms with Crippen LogP contribution in [0.1, 0.15) is 31.3 Å². The Morgan fingerprint density at radius 3 is 2.36 bits per heavy atom. The summed E-state index contributed by atoms with van der Waals surface area (Å²) in [6, 6.07) is 14.6. The number of carbonyl (C=O) groups is 1. The van der Waals surface area contributed by atoms with Gasteiger partial charge in [-0.05, 0) is 29.8 Å². The summed E-state index contributed by atoms with van der Waals surface area (Å²) in [6.45, 7) is 3.58. The second kappa shape index (κ2) is 7.25. The monoisotopic (exact) mass is 339 g/mol. The molecule has 0 fully saturated rings. The molecule has 25 heavy (non-hydrogen) atoms. The summed E-state index contributed by atoms with van der Waals surface area (Å²) in [6.07, 6.45) is 0. The number of hydrogen-bond acceptors (Lipinski definition) is 4. The molecule has 0 aliphatic rings. The molecule has 1 aromatic heterocycles. The molecular formula is C19H18FN3O2. The van der Waals surface area contributed by atoms with Crippen LogP contribution in [0.2, 0.25) is 0 Å². The predicted molar refractivity (Wildman–Crippen MR) is 91.0 cm³/mol.